The van der Waals surface area contributed by atoms with Crippen molar-refractivity contribution in [3.63, 3.8) is 0 Å². The number of aromatic nitrogens is 3. The van der Waals surface area contributed by atoms with E-state index in [9.17, 15) is 4.79 Å². The maximum atomic E-state index is 12.8. The van der Waals surface area contributed by atoms with E-state index in [1.165, 1.54) is 17.3 Å². The minimum Gasteiger partial charge on any atom is -0.497 e. The van der Waals surface area contributed by atoms with E-state index in [-0.39, 0.29) is 5.91 Å². The van der Waals surface area contributed by atoms with E-state index in [2.05, 4.69) is 16.3 Å². The van der Waals surface area contributed by atoms with E-state index >= 15 is 0 Å². The molecule has 1 aromatic heterocycles. The summed E-state index contributed by atoms with van der Waals surface area (Å²) in [5.74, 6) is 2.66. The second-order valence-corrected chi connectivity index (χ2v) is 7.76. The van der Waals surface area contributed by atoms with Gasteiger partial charge in [0.05, 0.1) is 12.9 Å². The molecule has 8 heteroatoms. The Bertz CT molecular complexity index is 1020. The van der Waals surface area contributed by atoms with Gasteiger partial charge in [0.15, 0.2) is 11.0 Å². The molecule has 0 saturated carbocycles. The molecule has 0 fully saturated rings. The molecule has 3 aromatic rings. The maximum Gasteiger partial charge on any atom is 0.237 e. The number of para-hydroxylation sites is 1. The number of nitrogens with zero attached hydrogens (tertiary/aromatic N) is 4. The fourth-order valence-corrected chi connectivity index (χ4v) is 4.37. The van der Waals surface area contributed by atoms with Gasteiger partial charge in [0.1, 0.15) is 18.1 Å². The molecule has 156 valence electrons. The van der Waals surface area contributed by atoms with Crippen LogP contribution in [0.2, 0.25) is 0 Å². The van der Waals surface area contributed by atoms with E-state index in [1.807, 2.05) is 58.9 Å². The van der Waals surface area contributed by atoms with Crippen molar-refractivity contribution in [1.29, 1.82) is 0 Å². The SMILES string of the molecule is CCn1c(COc2ccc(OC)cc2)nnc1SCC(=O)N1CCc2ccccc21. The molecule has 30 heavy (non-hydrogen) atoms. The van der Waals surface area contributed by atoms with E-state index in [0.29, 0.717) is 18.9 Å². The monoisotopic (exact) mass is 424 g/mol. The first kappa shape index (κ1) is 20.3. The zero-order valence-corrected chi connectivity index (χ0v) is 17.9. The molecule has 0 atom stereocenters. The summed E-state index contributed by atoms with van der Waals surface area (Å²) in [6.45, 7) is 3.78. The van der Waals surface area contributed by atoms with Gasteiger partial charge in [0, 0.05) is 18.8 Å². The van der Waals surface area contributed by atoms with Crippen LogP contribution in [0, 0.1) is 0 Å². The molecule has 0 unspecified atom stereocenters. The first-order chi connectivity index (χ1) is 14.7. The van der Waals surface area contributed by atoms with Gasteiger partial charge in [0.2, 0.25) is 5.91 Å². The summed E-state index contributed by atoms with van der Waals surface area (Å²) < 4.78 is 13.0. The summed E-state index contributed by atoms with van der Waals surface area (Å²) in [7, 11) is 1.63. The third kappa shape index (κ3) is 4.28. The minimum atomic E-state index is 0.0895. The predicted molar refractivity (Wildman–Crippen MR) is 116 cm³/mol. The summed E-state index contributed by atoms with van der Waals surface area (Å²) in [5, 5.41) is 9.27. The van der Waals surface area contributed by atoms with Crippen molar-refractivity contribution in [2.45, 2.75) is 31.7 Å². The lowest BCUT2D eigenvalue weighted by molar-refractivity contribution is -0.116. The molecule has 0 aliphatic carbocycles. The summed E-state index contributed by atoms with van der Waals surface area (Å²) in [6.07, 6.45) is 0.907. The number of amides is 1. The quantitative estimate of drug-likeness (QED) is 0.515. The number of carbonyl (C=O) groups is 1. The average molecular weight is 425 g/mol. The van der Waals surface area contributed by atoms with Gasteiger partial charge >= 0.3 is 0 Å². The summed E-state index contributed by atoms with van der Waals surface area (Å²) in [5.41, 5.74) is 2.25. The number of thioether (sulfide) groups is 1. The van der Waals surface area contributed by atoms with Gasteiger partial charge in [-0.3, -0.25) is 4.79 Å². The van der Waals surface area contributed by atoms with Gasteiger partial charge in [0.25, 0.3) is 0 Å². The zero-order valence-electron chi connectivity index (χ0n) is 17.1. The van der Waals surface area contributed by atoms with Gasteiger partial charge in [-0.15, -0.1) is 10.2 Å². The molecular formula is C22H24N4O3S. The van der Waals surface area contributed by atoms with Crippen LogP contribution in [-0.4, -0.2) is 40.1 Å². The first-order valence-electron chi connectivity index (χ1n) is 9.89. The summed E-state index contributed by atoms with van der Waals surface area (Å²) in [6, 6.07) is 15.5. The molecule has 1 amide bonds. The van der Waals surface area contributed by atoms with Crippen LogP contribution < -0.4 is 14.4 Å². The molecular weight excluding hydrogens is 400 g/mol. The predicted octanol–water partition coefficient (Wildman–Crippen LogP) is 3.57. The Hall–Kier alpha value is -3.00. The molecule has 0 saturated heterocycles. The topological polar surface area (TPSA) is 69.5 Å². The largest absolute Gasteiger partial charge is 0.497 e. The Morgan fingerprint density at radius 2 is 1.87 bits per heavy atom. The third-order valence-corrected chi connectivity index (χ3v) is 6.00. The van der Waals surface area contributed by atoms with Gasteiger partial charge in [-0.2, -0.15) is 0 Å². The Labute approximate surface area is 180 Å². The summed E-state index contributed by atoms with van der Waals surface area (Å²) in [4.78, 5) is 14.6. The van der Waals surface area contributed by atoms with Crippen LogP contribution >= 0.6 is 11.8 Å². The molecule has 2 aromatic carbocycles. The molecule has 1 aliphatic rings. The van der Waals surface area contributed by atoms with Crippen LogP contribution in [0.5, 0.6) is 11.5 Å². The van der Waals surface area contributed by atoms with E-state index in [0.717, 1.165) is 41.1 Å². The Morgan fingerprint density at radius 3 is 2.63 bits per heavy atom. The highest BCUT2D eigenvalue weighted by molar-refractivity contribution is 7.99. The number of hydrogen-bond donors (Lipinski definition) is 0. The fourth-order valence-electron chi connectivity index (χ4n) is 3.47. The lowest BCUT2D eigenvalue weighted by Crippen LogP contribution is -2.30. The number of anilines is 1. The van der Waals surface area contributed by atoms with Crippen molar-refractivity contribution >= 4 is 23.4 Å². The molecule has 0 spiro atoms. The minimum absolute atomic E-state index is 0.0895. The number of fused-ring (bicyclic) bond motifs is 1. The Balaban J connectivity index is 1.37. The van der Waals surface area contributed by atoms with Crippen LogP contribution in [0.25, 0.3) is 0 Å². The second kappa shape index (κ2) is 9.21. The molecule has 7 nitrogen and oxygen atoms in total. The van der Waals surface area contributed by atoms with Gasteiger partial charge < -0.3 is 18.9 Å². The maximum absolute atomic E-state index is 12.8. The molecule has 0 radical (unpaired) electrons. The molecule has 0 N–H and O–H groups in total. The van der Waals surface area contributed by atoms with Crippen LogP contribution in [0.15, 0.2) is 53.7 Å². The van der Waals surface area contributed by atoms with Crippen molar-refractivity contribution in [2.75, 3.05) is 24.3 Å². The number of carbonyl (C=O) groups excluding carboxylic acids is 1. The van der Waals surface area contributed by atoms with E-state index in [1.54, 1.807) is 7.11 Å². The van der Waals surface area contributed by atoms with Gasteiger partial charge in [-0.25, -0.2) is 0 Å². The number of hydrogen-bond acceptors (Lipinski definition) is 6. The van der Waals surface area contributed by atoms with Crippen molar-refractivity contribution in [3.05, 3.63) is 59.9 Å². The molecule has 4 rings (SSSR count). The number of rotatable bonds is 8. The fraction of sp³-hybridized carbons (Fsp3) is 0.318. The van der Waals surface area contributed by atoms with Crippen LogP contribution in [0.3, 0.4) is 0 Å². The van der Waals surface area contributed by atoms with E-state index < -0.39 is 0 Å². The highest BCUT2D eigenvalue weighted by atomic mass is 32.2. The van der Waals surface area contributed by atoms with Crippen molar-refractivity contribution < 1.29 is 14.3 Å². The number of methoxy groups -OCH3 is 1. The van der Waals surface area contributed by atoms with Crippen molar-refractivity contribution in [2.24, 2.45) is 0 Å². The van der Waals surface area contributed by atoms with Crippen molar-refractivity contribution in [1.82, 2.24) is 14.8 Å². The molecule has 0 bridgehead atoms. The van der Waals surface area contributed by atoms with Crippen LogP contribution in [0.4, 0.5) is 5.69 Å². The highest BCUT2D eigenvalue weighted by Crippen LogP contribution is 2.29. The lowest BCUT2D eigenvalue weighted by Gasteiger charge is -2.17. The van der Waals surface area contributed by atoms with Crippen LogP contribution in [0.1, 0.15) is 18.3 Å². The standard InChI is InChI=1S/C22H24N4O3S/c1-3-25-20(14-29-18-10-8-17(28-2)9-11-18)23-24-22(25)30-15-21(27)26-13-12-16-6-4-5-7-19(16)26/h4-11H,3,12-15H2,1-2H3. The second-order valence-electron chi connectivity index (χ2n) is 6.82. The van der Waals surface area contributed by atoms with Crippen molar-refractivity contribution in [3.8, 4) is 11.5 Å². The summed E-state index contributed by atoms with van der Waals surface area (Å²) >= 11 is 1.41. The Kier molecular flexibility index (Phi) is 6.23. The average Bonchev–Trinajstić information content (AvgIpc) is 3.40. The number of ether oxygens (including phenoxy) is 2. The Morgan fingerprint density at radius 1 is 1.10 bits per heavy atom. The zero-order chi connectivity index (χ0) is 20.9. The molecule has 2 heterocycles. The number of benzene rings is 2. The third-order valence-electron chi connectivity index (χ3n) is 5.05. The van der Waals surface area contributed by atoms with Gasteiger partial charge in [-0.1, -0.05) is 30.0 Å². The molecule has 1 aliphatic heterocycles. The highest BCUT2D eigenvalue weighted by Gasteiger charge is 2.24. The smallest absolute Gasteiger partial charge is 0.237 e. The van der Waals surface area contributed by atoms with E-state index in [4.69, 9.17) is 9.47 Å². The lowest BCUT2D eigenvalue weighted by atomic mass is 10.2. The van der Waals surface area contributed by atoms with Gasteiger partial charge in [-0.05, 0) is 49.2 Å². The van der Waals surface area contributed by atoms with Crippen LogP contribution in [-0.2, 0) is 24.4 Å². The first-order valence-corrected chi connectivity index (χ1v) is 10.9. The normalized spacial score (nSPS) is 12.7.